The third kappa shape index (κ3) is 3.49. The number of aryl methyl sites for hydroxylation is 1. The van der Waals surface area contributed by atoms with Crippen LogP contribution >= 0.6 is 0 Å². The van der Waals surface area contributed by atoms with Gasteiger partial charge in [-0.3, -0.25) is 4.90 Å². The third-order valence-electron chi connectivity index (χ3n) is 5.39. The van der Waals surface area contributed by atoms with Crippen molar-refractivity contribution >= 4 is 5.82 Å². The van der Waals surface area contributed by atoms with Crippen molar-refractivity contribution in [3.63, 3.8) is 0 Å². The summed E-state index contributed by atoms with van der Waals surface area (Å²) in [5.74, 6) is 3.82. The van der Waals surface area contributed by atoms with E-state index in [9.17, 15) is 0 Å². The molecule has 0 radical (unpaired) electrons. The number of rotatable bonds is 4. The summed E-state index contributed by atoms with van der Waals surface area (Å²) >= 11 is 0. The number of likely N-dealkylation sites (tertiary alicyclic amines) is 1. The second kappa shape index (κ2) is 6.67. The van der Waals surface area contributed by atoms with E-state index >= 15 is 0 Å². The van der Waals surface area contributed by atoms with E-state index in [1.807, 2.05) is 19.3 Å². The maximum absolute atomic E-state index is 4.51. The molecule has 4 heterocycles. The molecule has 0 amide bonds. The second-order valence-electron chi connectivity index (χ2n) is 7.71. The lowest BCUT2D eigenvalue weighted by Crippen LogP contribution is -2.29. The van der Waals surface area contributed by atoms with Gasteiger partial charge in [0.05, 0.1) is 0 Å². The first-order valence-electron chi connectivity index (χ1n) is 9.15. The molecule has 0 spiro atoms. The summed E-state index contributed by atoms with van der Waals surface area (Å²) in [6, 6.07) is 2.16. The first-order valence-corrected chi connectivity index (χ1v) is 9.15. The highest BCUT2D eigenvalue weighted by Gasteiger charge is 2.40. The van der Waals surface area contributed by atoms with Crippen LogP contribution in [0.5, 0.6) is 0 Å². The Hall–Kier alpha value is -2.08. The summed E-state index contributed by atoms with van der Waals surface area (Å²) in [6.45, 7) is 11.7. The van der Waals surface area contributed by atoms with Gasteiger partial charge < -0.3 is 4.90 Å². The van der Waals surface area contributed by atoms with Crippen molar-refractivity contribution in [1.82, 2.24) is 24.8 Å². The average Bonchev–Trinajstić information content (AvgIpc) is 3.15. The number of anilines is 1. The molecule has 2 fully saturated rings. The maximum Gasteiger partial charge on any atom is 0.132 e. The lowest BCUT2D eigenvalue weighted by Gasteiger charge is -2.22. The van der Waals surface area contributed by atoms with Gasteiger partial charge in [-0.1, -0.05) is 13.8 Å². The molecule has 2 aliphatic rings. The molecular weight excluding hydrogens is 312 g/mol. The van der Waals surface area contributed by atoms with Crippen molar-refractivity contribution < 1.29 is 0 Å². The van der Waals surface area contributed by atoms with Gasteiger partial charge in [0, 0.05) is 62.4 Å². The minimum absolute atomic E-state index is 0.441. The van der Waals surface area contributed by atoms with Gasteiger partial charge in [0.2, 0.25) is 0 Å². The Labute approximate surface area is 149 Å². The monoisotopic (exact) mass is 338 g/mol. The number of fused-ring (bicyclic) bond motifs is 1. The van der Waals surface area contributed by atoms with Crippen LogP contribution in [0.25, 0.3) is 0 Å². The maximum atomic E-state index is 4.51. The van der Waals surface area contributed by atoms with Crippen LogP contribution < -0.4 is 4.90 Å². The lowest BCUT2D eigenvalue weighted by molar-refractivity contribution is 0.308. The number of nitrogens with zero attached hydrogens (tertiary/aromatic N) is 6. The lowest BCUT2D eigenvalue weighted by atomic mass is 10.0. The van der Waals surface area contributed by atoms with Crippen molar-refractivity contribution in [2.45, 2.75) is 33.2 Å². The van der Waals surface area contributed by atoms with E-state index < -0.39 is 0 Å². The molecule has 0 bridgehead atoms. The molecule has 0 aliphatic carbocycles. The predicted molar refractivity (Wildman–Crippen MR) is 97.4 cm³/mol. The second-order valence-corrected chi connectivity index (χ2v) is 7.71. The van der Waals surface area contributed by atoms with Crippen LogP contribution in [0.4, 0.5) is 5.82 Å². The number of hydrogen-bond acceptors (Lipinski definition) is 6. The fraction of sp³-hybridized carbons (Fsp3) is 0.579. The molecule has 132 valence electrons. The molecular formula is C19H26N6. The Bertz CT molecular complexity index is 715. The third-order valence-corrected chi connectivity index (χ3v) is 5.39. The molecule has 2 atom stereocenters. The van der Waals surface area contributed by atoms with Crippen LogP contribution in [-0.4, -0.2) is 51.0 Å². The largest absolute Gasteiger partial charge is 0.356 e. The smallest absolute Gasteiger partial charge is 0.132 e. The van der Waals surface area contributed by atoms with Gasteiger partial charge in [0.25, 0.3) is 0 Å². The Morgan fingerprint density at radius 1 is 1.00 bits per heavy atom. The number of hydrogen-bond donors (Lipinski definition) is 0. The van der Waals surface area contributed by atoms with Crippen LogP contribution in [0.2, 0.25) is 0 Å². The van der Waals surface area contributed by atoms with Crippen LogP contribution in [0.15, 0.2) is 24.8 Å². The van der Waals surface area contributed by atoms with Crippen molar-refractivity contribution in [2.24, 2.45) is 11.8 Å². The van der Waals surface area contributed by atoms with Gasteiger partial charge in [-0.25, -0.2) is 19.9 Å². The zero-order chi connectivity index (χ0) is 17.4. The summed E-state index contributed by atoms with van der Waals surface area (Å²) in [7, 11) is 0. The van der Waals surface area contributed by atoms with Gasteiger partial charge >= 0.3 is 0 Å². The molecule has 6 nitrogen and oxygen atoms in total. The first-order chi connectivity index (χ1) is 12.1. The average molecular weight is 338 g/mol. The van der Waals surface area contributed by atoms with Crippen LogP contribution in [0, 0.1) is 18.8 Å². The Morgan fingerprint density at radius 3 is 2.32 bits per heavy atom. The zero-order valence-corrected chi connectivity index (χ0v) is 15.3. The highest BCUT2D eigenvalue weighted by Crippen LogP contribution is 2.34. The highest BCUT2D eigenvalue weighted by molar-refractivity contribution is 5.41. The standard InChI is InChI=1S/C19H26N6/c1-13(2)18-4-19(23-12-22-18)25-10-16-8-24(9-17(16)11-25)7-15-5-20-14(3)21-6-15/h4-6,12-13,16-17H,7-11H2,1-3H3. The van der Waals surface area contributed by atoms with E-state index in [0.29, 0.717) is 5.92 Å². The minimum Gasteiger partial charge on any atom is -0.356 e. The van der Waals surface area contributed by atoms with Crippen molar-refractivity contribution in [2.75, 3.05) is 31.1 Å². The fourth-order valence-corrected chi connectivity index (χ4v) is 4.02. The molecule has 2 aromatic rings. The van der Waals surface area contributed by atoms with Crippen molar-refractivity contribution in [3.8, 4) is 0 Å². The molecule has 0 N–H and O–H groups in total. The van der Waals surface area contributed by atoms with Crippen LogP contribution in [-0.2, 0) is 6.54 Å². The van der Waals surface area contributed by atoms with E-state index in [0.717, 1.165) is 61.9 Å². The van der Waals surface area contributed by atoms with Crippen molar-refractivity contribution in [1.29, 1.82) is 0 Å². The highest BCUT2D eigenvalue weighted by atomic mass is 15.3. The van der Waals surface area contributed by atoms with Gasteiger partial charge in [0.1, 0.15) is 18.0 Å². The molecule has 2 aromatic heterocycles. The topological polar surface area (TPSA) is 58.0 Å². The quantitative estimate of drug-likeness (QED) is 0.852. The Balaban J connectivity index is 1.37. The fourth-order valence-electron chi connectivity index (χ4n) is 4.02. The van der Waals surface area contributed by atoms with E-state index in [1.54, 1.807) is 6.33 Å². The Morgan fingerprint density at radius 2 is 1.68 bits per heavy atom. The molecule has 2 saturated heterocycles. The number of aromatic nitrogens is 4. The van der Waals surface area contributed by atoms with E-state index in [4.69, 9.17) is 0 Å². The van der Waals surface area contributed by atoms with E-state index in [-0.39, 0.29) is 0 Å². The SMILES string of the molecule is Cc1ncc(CN2CC3CN(c4cc(C(C)C)ncn4)CC3C2)cn1. The predicted octanol–water partition coefficient (Wildman–Crippen LogP) is 2.27. The minimum atomic E-state index is 0.441. The van der Waals surface area contributed by atoms with Gasteiger partial charge in [0.15, 0.2) is 0 Å². The summed E-state index contributed by atoms with van der Waals surface area (Å²) in [5, 5.41) is 0. The summed E-state index contributed by atoms with van der Waals surface area (Å²) in [5.41, 5.74) is 2.34. The van der Waals surface area contributed by atoms with Crippen LogP contribution in [0.3, 0.4) is 0 Å². The summed E-state index contributed by atoms with van der Waals surface area (Å²) < 4.78 is 0. The van der Waals surface area contributed by atoms with Gasteiger partial charge in [-0.15, -0.1) is 0 Å². The molecule has 2 unspecified atom stereocenters. The van der Waals surface area contributed by atoms with E-state index in [2.05, 4.69) is 49.6 Å². The molecule has 6 heteroatoms. The normalized spacial score (nSPS) is 23.4. The van der Waals surface area contributed by atoms with Crippen molar-refractivity contribution in [3.05, 3.63) is 41.9 Å². The molecule has 2 aliphatic heterocycles. The van der Waals surface area contributed by atoms with Gasteiger partial charge in [-0.05, 0) is 24.7 Å². The zero-order valence-electron chi connectivity index (χ0n) is 15.3. The summed E-state index contributed by atoms with van der Waals surface area (Å²) in [4.78, 5) is 22.5. The molecule has 0 aromatic carbocycles. The Kier molecular flexibility index (Phi) is 4.37. The first kappa shape index (κ1) is 16.4. The van der Waals surface area contributed by atoms with Gasteiger partial charge in [-0.2, -0.15) is 0 Å². The summed E-state index contributed by atoms with van der Waals surface area (Å²) in [6.07, 6.45) is 5.62. The van der Waals surface area contributed by atoms with Crippen LogP contribution in [0.1, 0.15) is 36.8 Å². The van der Waals surface area contributed by atoms with E-state index in [1.165, 1.54) is 5.56 Å². The molecule has 25 heavy (non-hydrogen) atoms. The molecule has 4 rings (SSSR count). The molecule has 0 saturated carbocycles.